The molecule has 0 saturated heterocycles. The molecule has 2 aromatic carbocycles. The molecule has 116 valence electrons. The van der Waals surface area contributed by atoms with Crippen LogP contribution < -0.4 is 15.5 Å². The number of hydrogen-bond donors (Lipinski definition) is 1. The van der Waals surface area contributed by atoms with Gasteiger partial charge in [0.15, 0.2) is 5.43 Å². The van der Waals surface area contributed by atoms with Gasteiger partial charge >= 0.3 is 0 Å². The van der Waals surface area contributed by atoms with Crippen LogP contribution in [-0.2, 0) is 11.2 Å². The summed E-state index contributed by atoms with van der Waals surface area (Å²) in [6, 6.07) is 16.1. The predicted octanol–water partition coefficient (Wildman–Crippen LogP) is 3.45. The summed E-state index contributed by atoms with van der Waals surface area (Å²) < 4.78 is 5.97. The summed E-state index contributed by atoms with van der Waals surface area (Å²) in [5.74, 6) is 0.580. The van der Waals surface area contributed by atoms with Gasteiger partial charge in [-0.2, -0.15) is 0 Å². The normalized spacial score (nSPS) is 10.5. The van der Waals surface area contributed by atoms with Gasteiger partial charge in [0.2, 0.25) is 5.91 Å². The molecular formula is C18H15NO3S. The van der Waals surface area contributed by atoms with Crippen molar-refractivity contribution in [3.05, 3.63) is 69.7 Å². The lowest BCUT2D eigenvalue weighted by Crippen LogP contribution is -2.15. The van der Waals surface area contributed by atoms with E-state index in [1.165, 1.54) is 11.3 Å². The first kappa shape index (κ1) is 15.2. The molecule has 23 heavy (non-hydrogen) atoms. The van der Waals surface area contributed by atoms with Crippen molar-refractivity contribution in [1.29, 1.82) is 0 Å². The van der Waals surface area contributed by atoms with Crippen LogP contribution in [0, 0.1) is 0 Å². The molecule has 0 atom stereocenters. The van der Waals surface area contributed by atoms with Gasteiger partial charge in [-0.15, -0.1) is 11.3 Å². The number of anilines is 1. The third kappa shape index (κ3) is 3.57. The first-order valence-electron chi connectivity index (χ1n) is 7.11. The fourth-order valence-corrected chi connectivity index (χ4v) is 3.36. The fraction of sp³-hybridized carbons (Fsp3) is 0.111. The van der Waals surface area contributed by atoms with Gasteiger partial charge in [0.05, 0.1) is 13.5 Å². The number of ether oxygens (including phenoxy) is 1. The van der Waals surface area contributed by atoms with Crippen molar-refractivity contribution in [2.75, 3.05) is 12.4 Å². The van der Waals surface area contributed by atoms with Crippen molar-refractivity contribution in [2.45, 2.75) is 6.42 Å². The molecular weight excluding hydrogens is 310 g/mol. The van der Waals surface area contributed by atoms with Gasteiger partial charge in [-0.05, 0) is 42.5 Å². The van der Waals surface area contributed by atoms with E-state index in [-0.39, 0.29) is 17.8 Å². The summed E-state index contributed by atoms with van der Waals surface area (Å²) in [7, 11) is 1.59. The van der Waals surface area contributed by atoms with Crippen LogP contribution >= 0.6 is 11.3 Å². The Kier molecular flexibility index (Phi) is 4.39. The monoisotopic (exact) mass is 325 g/mol. The topological polar surface area (TPSA) is 55.4 Å². The maximum absolute atomic E-state index is 12.1. The Morgan fingerprint density at radius 2 is 1.87 bits per heavy atom. The minimum Gasteiger partial charge on any atom is -0.497 e. The van der Waals surface area contributed by atoms with Gasteiger partial charge in [0.1, 0.15) is 5.75 Å². The van der Waals surface area contributed by atoms with E-state index in [1.54, 1.807) is 43.5 Å². The third-order valence-electron chi connectivity index (χ3n) is 3.39. The Morgan fingerprint density at radius 3 is 2.61 bits per heavy atom. The molecule has 0 fully saturated rings. The van der Waals surface area contributed by atoms with Gasteiger partial charge in [-0.1, -0.05) is 12.1 Å². The summed E-state index contributed by atoms with van der Waals surface area (Å²) in [5.41, 5.74) is 0.649. The largest absolute Gasteiger partial charge is 0.497 e. The number of amides is 1. The van der Waals surface area contributed by atoms with Crippen LogP contribution in [0.5, 0.6) is 5.75 Å². The summed E-state index contributed by atoms with van der Waals surface area (Å²) >= 11 is 1.47. The Labute approximate surface area is 137 Å². The molecule has 0 spiro atoms. The predicted molar refractivity (Wildman–Crippen MR) is 93.4 cm³/mol. The van der Waals surface area contributed by atoms with E-state index in [4.69, 9.17) is 4.74 Å². The highest BCUT2D eigenvalue weighted by atomic mass is 32.1. The Hall–Kier alpha value is -2.66. The van der Waals surface area contributed by atoms with Gasteiger partial charge < -0.3 is 10.1 Å². The molecule has 0 radical (unpaired) electrons. The fourth-order valence-electron chi connectivity index (χ4n) is 2.28. The van der Waals surface area contributed by atoms with E-state index in [9.17, 15) is 9.59 Å². The highest BCUT2D eigenvalue weighted by Crippen LogP contribution is 2.20. The lowest BCUT2D eigenvalue weighted by molar-refractivity contribution is -0.115. The molecule has 3 rings (SSSR count). The molecule has 0 saturated carbocycles. The lowest BCUT2D eigenvalue weighted by atomic mass is 10.2. The van der Waals surface area contributed by atoms with Crippen molar-refractivity contribution < 1.29 is 9.53 Å². The van der Waals surface area contributed by atoms with Crippen LogP contribution in [0.2, 0.25) is 0 Å². The average molecular weight is 325 g/mol. The minimum atomic E-state index is -0.152. The smallest absolute Gasteiger partial charge is 0.229 e. The molecule has 0 bridgehead atoms. The first-order valence-corrected chi connectivity index (χ1v) is 7.93. The standard InChI is InChI=1S/C18H15NO3S/c1-22-13-8-6-12(7-9-13)19-18(21)11-14-10-16(20)15-4-2-3-5-17(15)23-14/h2-10H,11H2,1H3,(H,19,21). The minimum absolute atomic E-state index is 0.0494. The third-order valence-corrected chi connectivity index (χ3v) is 4.49. The number of hydrogen-bond acceptors (Lipinski definition) is 4. The Morgan fingerprint density at radius 1 is 1.13 bits per heavy atom. The van der Waals surface area contributed by atoms with Crippen LogP contribution in [0.4, 0.5) is 5.69 Å². The summed E-state index contributed by atoms with van der Waals surface area (Å²) in [5, 5.41) is 3.51. The van der Waals surface area contributed by atoms with Crippen molar-refractivity contribution in [2.24, 2.45) is 0 Å². The number of methoxy groups -OCH3 is 1. The molecule has 3 aromatic rings. The zero-order valence-corrected chi connectivity index (χ0v) is 13.4. The van der Waals surface area contributed by atoms with E-state index >= 15 is 0 Å². The van der Waals surface area contributed by atoms with Gasteiger partial charge in [0.25, 0.3) is 0 Å². The summed E-state index contributed by atoms with van der Waals surface area (Å²) in [6.07, 6.45) is 0.177. The van der Waals surface area contributed by atoms with E-state index in [1.807, 2.05) is 18.2 Å². The number of nitrogens with one attached hydrogen (secondary N) is 1. The SMILES string of the molecule is COc1ccc(NC(=O)Cc2cc(=O)c3ccccc3s2)cc1. The summed E-state index contributed by atoms with van der Waals surface area (Å²) in [4.78, 5) is 25.0. The maximum Gasteiger partial charge on any atom is 0.229 e. The lowest BCUT2D eigenvalue weighted by Gasteiger charge is -2.06. The zero-order valence-electron chi connectivity index (χ0n) is 12.5. The molecule has 5 heteroatoms. The number of fused-ring (bicyclic) bond motifs is 1. The van der Waals surface area contributed by atoms with E-state index in [0.29, 0.717) is 11.1 Å². The quantitative estimate of drug-likeness (QED) is 0.799. The molecule has 1 heterocycles. The number of carbonyl (C=O) groups is 1. The molecule has 0 aliphatic heterocycles. The second-order valence-electron chi connectivity index (χ2n) is 5.03. The molecule has 1 aromatic heterocycles. The molecule has 0 unspecified atom stereocenters. The maximum atomic E-state index is 12.1. The van der Waals surface area contributed by atoms with Crippen LogP contribution in [-0.4, -0.2) is 13.0 Å². The highest BCUT2D eigenvalue weighted by Gasteiger charge is 2.08. The molecule has 0 aliphatic carbocycles. The van der Waals surface area contributed by atoms with Crippen LogP contribution in [0.3, 0.4) is 0 Å². The molecule has 1 amide bonds. The van der Waals surface area contributed by atoms with Crippen molar-refractivity contribution in [3.8, 4) is 5.75 Å². The van der Waals surface area contributed by atoms with Crippen molar-refractivity contribution in [3.63, 3.8) is 0 Å². The van der Waals surface area contributed by atoms with E-state index in [2.05, 4.69) is 5.32 Å². The number of benzene rings is 2. The second kappa shape index (κ2) is 6.62. The van der Waals surface area contributed by atoms with Crippen LogP contribution in [0.15, 0.2) is 59.4 Å². The molecule has 1 N–H and O–H groups in total. The Bertz CT molecular complexity index is 900. The zero-order chi connectivity index (χ0) is 16.2. The number of carbonyl (C=O) groups excluding carboxylic acids is 1. The van der Waals surface area contributed by atoms with Crippen molar-refractivity contribution in [1.82, 2.24) is 0 Å². The Balaban J connectivity index is 1.75. The average Bonchev–Trinajstić information content (AvgIpc) is 2.55. The van der Waals surface area contributed by atoms with Gasteiger partial charge in [-0.3, -0.25) is 9.59 Å². The van der Waals surface area contributed by atoms with Crippen molar-refractivity contribution >= 4 is 33.0 Å². The second-order valence-corrected chi connectivity index (χ2v) is 6.19. The highest BCUT2D eigenvalue weighted by molar-refractivity contribution is 7.18. The molecule has 4 nitrogen and oxygen atoms in total. The molecule has 0 aliphatic rings. The van der Waals surface area contributed by atoms with E-state index in [0.717, 1.165) is 15.3 Å². The van der Waals surface area contributed by atoms with E-state index < -0.39 is 0 Å². The number of rotatable bonds is 4. The van der Waals surface area contributed by atoms with Crippen LogP contribution in [0.1, 0.15) is 4.88 Å². The van der Waals surface area contributed by atoms with Gasteiger partial charge in [-0.25, -0.2) is 0 Å². The summed E-state index contributed by atoms with van der Waals surface area (Å²) in [6.45, 7) is 0. The van der Waals surface area contributed by atoms with Crippen LogP contribution in [0.25, 0.3) is 10.1 Å². The first-order chi connectivity index (χ1) is 11.2. The van der Waals surface area contributed by atoms with Gasteiger partial charge in [0, 0.05) is 20.7 Å².